The van der Waals surface area contributed by atoms with Gasteiger partial charge < -0.3 is 5.73 Å². The molecule has 0 saturated heterocycles. The Balaban J connectivity index is 0. The Morgan fingerprint density at radius 2 is 1.83 bits per heavy atom. The lowest BCUT2D eigenvalue weighted by Crippen LogP contribution is -2.03. The lowest BCUT2D eigenvalue weighted by atomic mass is 10.7. The third-order valence-corrected chi connectivity index (χ3v) is 0.353. The highest BCUT2D eigenvalue weighted by Gasteiger charge is 1.61. The fourth-order valence-corrected chi connectivity index (χ4v) is 0. The van der Waals surface area contributed by atoms with E-state index in [1.807, 2.05) is 0 Å². The van der Waals surface area contributed by atoms with E-state index in [4.69, 9.17) is 5.73 Å². The van der Waals surface area contributed by atoms with Crippen LogP contribution in [0.4, 0.5) is 0 Å². The molecule has 0 aliphatic rings. The maximum absolute atomic E-state index is 5.04. The summed E-state index contributed by atoms with van der Waals surface area (Å²) >= 11 is 0. The topological polar surface area (TPSA) is 38.4 Å². The van der Waals surface area contributed by atoms with Gasteiger partial charge in [-0.3, -0.25) is 4.99 Å². The third-order valence-electron chi connectivity index (χ3n) is 0.353. The van der Waals surface area contributed by atoms with Gasteiger partial charge in [0.1, 0.15) is 0 Å². The Morgan fingerprint density at radius 3 is 1.83 bits per heavy atom. The summed E-state index contributed by atoms with van der Waals surface area (Å²) in [4.78, 5) is 3.58. The minimum atomic E-state index is 0. The standard InChI is InChI=1S/C3H8N2.ClH/c1-3(4)5-2;/h1-2H3,(H2,4,5);1H. The van der Waals surface area contributed by atoms with Crippen molar-refractivity contribution < 1.29 is 0 Å². The maximum atomic E-state index is 5.04. The molecule has 6 heavy (non-hydrogen) atoms. The molecule has 0 radical (unpaired) electrons. The molecule has 2 N–H and O–H groups in total. The lowest BCUT2D eigenvalue weighted by molar-refractivity contribution is 1.38. The molecule has 0 rings (SSSR count). The largest absolute Gasteiger partial charge is 0.388 e. The van der Waals surface area contributed by atoms with Gasteiger partial charge in [-0.05, 0) is 6.92 Å². The van der Waals surface area contributed by atoms with Gasteiger partial charge in [0.25, 0.3) is 0 Å². The van der Waals surface area contributed by atoms with Crippen molar-refractivity contribution in [2.45, 2.75) is 6.92 Å². The molecule has 0 atom stereocenters. The van der Waals surface area contributed by atoms with E-state index in [-0.39, 0.29) is 12.4 Å². The molecule has 0 aliphatic carbocycles. The summed E-state index contributed by atoms with van der Waals surface area (Å²) in [6.07, 6.45) is 0. The first-order valence-electron chi connectivity index (χ1n) is 1.46. The van der Waals surface area contributed by atoms with Gasteiger partial charge in [-0.15, -0.1) is 12.4 Å². The van der Waals surface area contributed by atoms with Crippen molar-refractivity contribution in [3.05, 3.63) is 0 Å². The number of hydrogen-bond donors (Lipinski definition) is 1. The minimum absolute atomic E-state index is 0. The molecular formula is C3H9ClN2. The van der Waals surface area contributed by atoms with E-state index < -0.39 is 0 Å². The molecule has 0 aliphatic heterocycles. The van der Waals surface area contributed by atoms with Crippen LogP contribution in [0.2, 0.25) is 0 Å². The molecule has 0 heterocycles. The van der Waals surface area contributed by atoms with E-state index in [2.05, 4.69) is 4.99 Å². The van der Waals surface area contributed by atoms with E-state index >= 15 is 0 Å². The van der Waals surface area contributed by atoms with Crippen molar-refractivity contribution in [1.29, 1.82) is 0 Å². The molecule has 38 valence electrons. The van der Waals surface area contributed by atoms with Crippen LogP contribution in [0.15, 0.2) is 4.99 Å². The van der Waals surface area contributed by atoms with Crippen molar-refractivity contribution in [3.8, 4) is 0 Å². The smallest absolute Gasteiger partial charge is 0.0902 e. The van der Waals surface area contributed by atoms with Crippen LogP contribution in [-0.4, -0.2) is 12.9 Å². The molecule has 0 fully saturated rings. The van der Waals surface area contributed by atoms with Crippen LogP contribution in [0.5, 0.6) is 0 Å². The zero-order chi connectivity index (χ0) is 4.28. The Kier molecular flexibility index (Phi) is 7.32. The number of hydrogen-bond acceptors (Lipinski definition) is 1. The monoisotopic (exact) mass is 108 g/mol. The van der Waals surface area contributed by atoms with E-state index in [9.17, 15) is 0 Å². The highest BCUT2D eigenvalue weighted by molar-refractivity contribution is 5.85. The molecular weight excluding hydrogens is 99.5 g/mol. The molecule has 0 saturated carbocycles. The molecule has 0 spiro atoms. The second-order valence-electron chi connectivity index (χ2n) is 0.865. The van der Waals surface area contributed by atoms with Crippen LogP contribution in [0.1, 0.15) is 6.92 Å². The van der Waals surface area contributed by atoms with Crippen molar-refractivity contribution in [3.63, 3.8) is 0 Å². The van der Waals surface area contributed by atoms with Crippen molar-refractivity contribution in [1.82, 2.24) is 0 Å². The second-order valence-corrected chi connectivity index (χ2v) is 0.865. The second kappa shape index (κ2) is 4.76. The molecule has 2 nitrogen and oxygen atoms in total. The highest BCUT2D eigenvalue weighted by atomic mass is 35.5. The van der Waals surface area contributed by atoms with Gasteiger partial charge in [0.2, 0.25) is 0 Å². The summed E-state index contributed by atoms with van der Waals surface area (Å²) in [5, 5.41) is 0. The summed E-state index contributed by atoms with van der Waals surface area (Å²) < 4.78 is 0. The fraction of sp³-hybridized carbons (Fsp3) is 0.667. The highest BCUT2D eigenvalue weighted by Crippen LogP contribution is 1.52. The van der Waals surface area contributed by atoms with E-state index in [0.717, 1.165) is 0 Å². The van der Waals surface area contributed by atoms with E-state index in [0.29, 0.717) is 5.84 Å². The molecule has 3 heteroatoms. The van der Waals surface area contributed by atoms with Crippen LogP contribution in [-0.2, 0) is 0 Å². The number of nitrogens with two attached hydrogens (primary N) is 1. The molecule has 0 bridgehead atoms. The maximum Gasteiger partial charge on any atom is 0.0902 e. The van der Waals surface area contributed by atoms with Crippen molar-refractivity contribution >= 4 is 18.2 Å². The zero-order valence-corrected chi connectivity index (χ0v) is 4.75. The Hall–Kier alpha value is -0.240. The van der Waals surface area contributed by atoms with Gasteiger partial charge >= 0.3 is 0 Å². The van der Waals surface area contributed by atoms with Crippen LogP contribution in [0, 0.1) is 0 Å². The predicted molar refractivity (Wildman–Crippen MR) is 30.5 cm³/mol. The quantitative estimate of drug-likeness (QED) is 0.354. The molecule has 0 aromatic heterocycles. The average Bonchev–Trinajstić information content (AvgIpc) is 1.38. The summed E-state index contributed by atoms with van der Waals surface area (Å²) in [6.45, 7) is 1.75. The summed E-state index contributed by atoms with van der Waals surface area (Å²) in [5.74, 6) is 0.630. The van der Waals surface area contributed by atoms with E-state index in [1.165, 1.54) is 0 Å². The van der Waals surface area contributed by atoms with Gasteiger partial charge in [0.15, 0.2) is 0 Å². The fourth-order valence-electron chi connectivity index (χ4n) is 0. The minimum Gasteiger partial charge on any atom is -0.388 e. The Morgan fingerprint density at radius 1 is 1.67 bits per heavy atom. The number of rotatable bonds is 0. The molecule has 0 amide bonds. The SMILES string of the molecule is CN=C(C)N.Cl. The normalized spacial score (nSPS) is 10.0. The van der Waals surface area contributed by atoms with Gasteiger partial charge in [0.05, 0.1) is 5.84 Å². The van der Waals surface area contributed by atoms with Crippen molar-refractivity contribution in [2.24, 2.45) is 10.7 Å². The molecule has 0 aromatic carbocycles. The number of halogens is 1. The van der Waals surface area contributed by atoms with Crippen molar-refractivity contribution in [2.75, 3.05) is 7.05 Å². The number of aliphatic imine (C=N–C) groups is 1. The summed E-state index contributed by atoms with van der Waals surface area (Å²) in [7, 11) is 1.66. The number of nitrogens with zero attached hydrogens (tertiary/aromatic N) is 1. The first-order valence-corrected chi connectivity index (χ1v) is 1.46. The predicted octanol–water partition coefficient (Wildman–Crippen LogP) is 0.415. The molecule has 0 unspecified atom stereocenters. The van der Waals surface area contributed by atoms with Crippen LogP contribution < -0.4 is 5.73 Å². The van der Waals surface area contributed by atoms with Gasteiger partial charge in [-0.25, -0.2) is 0 Å². The number of amidine groups is 1. The Bertz CT molecular complexity index is 46.8. The van der Waals surface area contributed by atoms with Gasteiger partial charge in [-0.2, -0.15) is 0 Å². The van der Waals surface area contributed by atoms with E-state index in [1.54, 1.807) is 14.0 Å². The van der Waals surface area contributed by atoms with Crippen LogP contribution >= 0.6 is 12.4 Å². The first kappa shape index (κ1) is 9.23. The Labute approximate surface area is 43.9 Å². The lowest BCUT2D eigenvalue weighted by Gasteiger charge is -1.76. The van der Waals surface area contributed by atoms with Crippen LogP contribution in [0.3, 0.4) is 0 Å². The van der Waals surface area contributed by atoms with Gasteiger partial charge in [-0.1, -0.05) is 0 Å². The van der Waals surface area contributed by atoms with Gasteiger partial charge in [0, 0.05) is 7.05 Å². The summed E-state index contributed by atoms with van der Waals surface area (Å²) in [5.41, 5.74) is 5.04. The first-order chi connectivity index (χ1) is 2.27. The third kappa shape index (κ3) is 9.25. The average molecular weight is 109 g/mol. The molecule has 0 aromatic rings. The summed E-state index contributed by atoms with van der Waals surface area (Å²) in [6, 6.07) is 0. The zero-order valence-electron chi connectivity index (χ0n) is 3.93. The van der Waals surface area contributed by atoms with Crippen LogP contribution in [0.25, 0.3) is 0 Å².